The van der Waals surface area contributed by atoms with Gasteiger partial charge < -0.3 is 4.98 Å². The highest BCUT2D eigenvalue weighted by molar-refractivity contribution is 6.32. The van der Waals surface area contributed by atoms with Crippen LogP contribution in [-0.2, 0) is 0 Å². The summed E-state index contributed by atoms with van der Waals surface area (Å²) in [7, 11) is 1.11. The molecule has 50 valence electrons. The van der Waals surface area contributed by atoms with E-state index in [4.69, 9.17) is 0 Å². The highest BCUT2D eigenvalue weighted by Gasteiger charge is 1.92. The molecule has 2 heteroatoms. The van der Waals surface area contributed by atoms with Crippen LogP contribution in [0.2, 0.25) is 0 Å². The fraction of sp³-hybridized carbons (Fsp3) is 0. The first-order chi connectivity index (χ1) is 4.86. The Kier molecular flexibility index (Phi) is 1.14. The van der Waals surface area contributed by atoms with Gasteiger partial charge in [-0.05, 0) is 22.8 Å². The van der Waals surface area contributed by atoms with Crippen LogP contribution in [0.5, 0.6) is 0 Å². The summed E-state index contributed by atoms with van der Waals surface area (Å²) in [6.45, 7) is 0. The second-order valence-corrected chi connectivity index (χ2v) is 3.62. The van der Waals surface area contributed by atoms with Gasteiger partial charge >= 0.3 is 0 Å². The Hall–Kier alpha value is -1.02. The Labute approximate surface area is 62.5 Å². The second-order valence-electron chi connectivity index (χ2n) is 2.54. The first kappa shape index (κ1) is 5.74. The smallest absolute Gasteiger partial charge is 0.0592 e. The van der Waals surface area contributed by atoms with E-state index in [9.17, 15) is 0 Å². The normalized spacial score (nSPS) is 10.8. The first-order valence-corrected chi connectivity index (χ1v) is 4.40. The molecule has 1 nitrogen and oxygen atoms in total. The van der Waals surface area contributed by atoms with Crippen molar-refractivity contribution in [2.24, 2.45) is 0 Å². The topological polar surface area (TPSA) is 15.8 Å². The van der Waals surface area contributed by atoms with Crippen LogP contribution in [0.4, 0.5) is 0 Å². The third-order valence-electron chi connectivity index (χ3n) is 1.66. The van der Waals surface area contributed by atoms with E-state index in [2.05, 4.69) is 35.3 Å². The van der Waals surface area contributed by atoms with E-state index < -0.39 is 0 Å². The van der Waals surface area contributed by atoms with Crippen molar-refractivity contribution in [1.29, 1.82) is 0 Å². The van der Waals surface area contributed by atoms with Crippen LogP contribution in [0.3, 0.4) is 0 Å². The monoisotopic (exact) mass is 147 g/mol. The zero-order valence-corrected chi connectivity index (χ0v) is 7.89. The molecule has 0 radical (unpaired) electrons. The Balaban J connectivity index is 2.88. The summed E-state index contributed by atoms with van der Waals surface area (Å²) in [6, 6.07) is 10.6. The van der Waals surface area contributed by atoms with Gasteiger partial charge in [0.05, 0.1) is 10.2 Å². The summed E-state index contributed by atoms with van der Waals surface area (Å²) in [5, 5.41) is 2.69. The van der Waals surface area contributed by atoms with Gasteiger partial charge in [0.1, 0.15) is 0 Å². The number of nitrogens with one attached hydrogen (secondary N) is 1. The molecule has 0 saturated heterocycles. The molecule has 0 atom stereocenters. The molecule has 2 rings (SSSR count). The molecule has 0 amide bonds. The molecule has 0 spiro atoms. The van der Waals surface area contributed by atoms with Crippen molar-refractivity contribution >= 4 is 26.5 Å². The average Bonchev–Trinajstić information content (AvgIpc) is 2.27. The molecule has 10 heavy (non-hydrogen) atoms. The summed E-state index contributed by atoms with van der Waals surface area (Å²) in [4.78, 5) is 3.32. The number of hydrogen-bond donors (Lipinski definition) is 1. The van der Waals surface area contributed by atoms with Crippen molar-refractivity contribution in [1.82, 2.24) is 4.98 Å². The lowest BCUT2D eigenvalue weighted by Crippen LogP contribution is -1.99. The zero-order valence-electron chi connectivity index (χ0n) is 5.89. The number of fused-ring (bicyclic) bond motifs is 1. The predicted octanol–water partition coefficient (Wildman–Crippen LogP) is 0.159. The largest absolute Gasteiger partial charge is 0.363 e. The van der Waals surface area contributed by atoms with Crippen molar-refractivity contribution in [3.05, 3.63) is 30.3 Å². The Morgan fingerprint density at radius 1 is 1.20 bits per heavy atom. The minimum absolute atomic E-state index is 1.11. The van der Waals surface area contributed by atoms with Crippen LogP contribution in [0, 0.1) is 0 Å². The fourth-order valence-electron chi connectivity index (χ4n) is 1.22. The van der Waals surface area contributed by atoms with Crippen molar-refractivity contribution in [2.75, 3.05) is 0 Å². The number of benzene rings is 1. The van der Waals surface area contributed by atoms with E-state index in [0.717, 1.165) is 10.2 Å². The molecule has 1 aromatic heterocycles. The van der Waals surface area contributed by atoms with Crippen LogP contribution < -0.4 is 5.32 Å². The number of hydrogen-bond acceptors (Lipinski definition) is 0. The average molecular weight is 147 g/mol. The van der Waals surface area contributed by atoms with Gasteiger partial charge in [0, 0.05) is 5.52 Å². The number of H-pyrrole nitrogens is 1. The van der Waals surface area contributed by atoms with E-state index in [0.29, 0.717) is 0 Å². The van der Waals surface area contributed by atoms with Crippen LogP contribution >= 0.6 is 0 Å². The highest BCUT2D eigenvalue weighted by atomic mass is 28.1. The minimum atomic E-state index is 1.11. The number of para-hydroxylation sites is 1. The number of aromatic amines is 1. The van der Waals surface area contributed by atoms with Crippen LogP contribution in [0.15, 0.2) is 30.3 Å². The van der Waals surface area contributed by atoms with Gasteiger partial charge in [-0.25, -0.2) is 0 Å². The summed E-state index contributed by atoms with van der Waals surface area (Å²) in [5.74, 6) is 0. The standard InChI is InChI=1S/C8H9NSi/c10-8-5-6-3-1-2-4-7(6)9-8/h1-5,9H,10H3. The fourth-order valence-corrected chi connectivity index (χ4v) is 1.80. The van der Waals surface area contributed by atoms with Gasteiger partial charge in [0.2, 0.25) is 0 Å². The van der Waals surface area contributed by atoms with E-state index in [1.54, 1.807) is 0 Å². The molecule has 1 heterocycles. The summed E-state index contributed by atoms with van der Waals surface area (Å²) < 4.78 is 0. The molecule has 0 saturated carbocycles. The maximum absolute atomic E-state index is 3.32. The molecule has 0 unspecified atom stereocenters. The zero-order chi connectivity index (χ0) is 6.97. The molecular weight excluding hydrogens is 138 g/mol. The van der Waals surface area contributed by atoms with Gasteiger partial charge in [-0.15, -0.1) is 0 Å². The van der Waals surface area contributed by atoms with E-state index in [-0.39, 0.29) is 0 Å². The van der Waals surface area contributed by atoms with E-state index in [1.807, 2.05) is 0 Å². The third-order valence-corrected chi connectivity index (χ3v) is 2.20. The van der Waals surface area contributed by atoms with Gasteiger partial charge in [-0.3, -0.25) is 0 Å². The van der Waals surface area contributed by atoms with Crippen LogP contribution in [0.25, 0.3) is 10.9 Å². The van der Waals surface area contributed by atoms with Crippen molar-refractivity contribution in [3.63, 3.8) is 0 Å². The van der Waals surface area contributed by atoms with Crippen molar-refractivity contribution in [2.45, 2.75) is 0 Å². The first-order valence-electron chi connectivity index (χ1n) is 3.40. The van der Waals surface area contributed by atoms with E-state index in [1.165, 1.54) is 16.2 Å². The van der Waals surface area contributed by atoms with Gasteiger partial charge in [0.15, 0.2) is 0 Å². The third kappa shape index (κ3) is 0.771. The Morgan fingerprint density at radius 3 is 2.80 bits per heavy atom. The molecular formula is C8H9NSi. The molecule has 1 N–H and O–H groups in total. The minimum Gasteiger partial charge on any atom is -0.363 e. The highest BCUT2D eigenvalue weighted by Crippen LogP contribution is 2.07. The summed E-state index contributed by atoms with van der Waals surface area (Å²) >= 11 is 0. The molecule has 2 aromatic rings. The van der Waals surface area contributed by atoms with Gasteiger partial charge in [0.25, 0.3) is 0 Å². The maximum atomic E-state index is 3.32. The van der Waals surface area contributed by atoms with E-state index >= 15 is 0 Å². The molecule has 0 fully saturated rings. The lowest BCUT2D eigenvalue weighted by atomic mass is 10.3. The Bertz CT molecular complexity index is 318. The molecule has 0 aliphatic rings. The second kappa shape index (κ2) is 1.99. The molecule has 0 aliphatic carbocycles. The Morgan fingerprint density at radius 2 is 2.00 bits per heavy atom. The number of rotatable bonds is 0. The van der Waals surface area contributed by atoms with Crippen molar-refractivity contribution in [3.8, 4) is 0 Å². The lowest BCUT2D eigenvalue weighted by Gasteiger charge is -1.83. The maximum Gasteiger partial charge on any atom is 0.0592 e. The molecule has 0 bridgehead atoms. The van der Waals surface area contributed by atoms with Crippen molar-refractivity contribution < 1.29 is 0 Å². The summed E-state index contributed by atoms with van der Waals surface area (Å²) in [6.07, 6.45) is 0. The number of aromatic nitrogens is 1. The lowest BCUT2D eigenvalue weighted by molar-refractivity contribution is 1.54. The molecule has 1 aromatic carbocycles. The molecule has 0 aliphatic heterocycles. The summed E-state index contributed by atoms with van der Waals surface area (Å²) in [5.41, 5.74) is 1.26. The van der Waals surface area contributed by atoms with Crippen LogP contribution in [0.1, 0.15) is 0 Å². The predicted molar refractivity (Wildman–Crippen MR) is 47.9 cm³/mol. The van der Waals surface area contributed by atoms with Gasteiger partial charge in [-0.2, -0.15) is 0 Å². The van der Waals surface area contributed by atoms with Crippen LogP contribution in [-0.4, -0.2) is 15.2 Å². The SMILES string of the molecule is [SiH3]c1cc2ccccc2[nH]1. The quantitative estimate of drug-likeness (QED) is 0.511. The van der Waals surface area contributed by atoms with Gasteiger partial charge in [-0.1, -0.05) is 18.2 Å².